The molecule has 2 aliphatic rings. The third-order valence-electron chi connectivity index (χ3n) is 5.75. The molecule has 1 saturated carbocycles. The summed E-state index contributed by atoms with van der Waals surface area (Å²) >= 11 is 0. The van der Waals surface area contributed by atoms with Gasteiger partial charge in [-0.3, -0.25) is 14.6 Å². The number of aliphatic hydroxyl groups excluding tert-OH is 1. The Labute approximate surface area is 153 Å². The Balaban J connectivity index is 1.38. The summed E-state index contributed by atoms with van der Waals surface area (Å²) in [6.07, 6.45) is 10.6. The number of aryl methyl sites for hydroxylation is 3. The molecular formula is C19H27N5O2. The van der Waals surface area contributed by atoms with Crippen LogP contribution in [0, 0.1) is 5.92 Å². The van der Waals surface area contributed by atoms with E-state index in [9.17, 15) is 9.90 Å². The first-order valence-corrected chi connectivity index (χ1v) is 9.61. The molecule has 0 bridgehead atoms. The lowest BCUT2D eigenvalue weighted by Crippen LogP contribution is -2.41. The number of carbonyl (C=O) groups excluding carboxylic acids is 1. The Morgan fingerprint density at radius 2 is 2.23 bits per heavy atom. The lowest BCUT2D eigenvalue weighted by Gasteiger charge is -2.37. The van der Waals surface area contributed by atoms with Gasteiger partial charge in [0.05, 0.1) is 24.0 Å². The van der Waals surface area contributed by atoms with Crippen LogP contribution in [0.2, 0.25) is 0 Å². The highest BCUT2D eigenvalue weighted by Crippen LogP contribution is 2.38. The quantitative estimate of drug-likeness (QED) is 0.731. The molecule has 1 fully saturated rings. The number of nitrogens with one attached hydrogen (secondary N) is 2. The highest BCUT2D eigenvalue weighted by atomic mass is 16.3. The summed E-state index contributed by atoms with van der Waals surface area (Å²) in [6, 6.07) is -0.0762. The first-order chi connectivity index (χ1) is 12.6. The molecule has 7 nitrogen and oxygen atoms in total. The molecule has 2 aliphatic carbocycles. The Morgan fingerprint density at radius 3 is 2.96 bits per heavy atom. The Morgan fingerprint density at radius 1 is 1.42 bits per heavy atom. The average Bonchev–Trinajstić information content (AvgIpc) is 3.22. The molecule has 0 unspecified atom stereocenters. The van der Waals surface area contributed by atoms with Gasteiger partial charge in [0.1, 0.15) is 0 Å². The molecule has 140 valence electrons. The van der Waals surface area contributed by atoms with Gasteiger partial charge in [-0.1, -0.05) is 0 Å². The van der Waals surface area contributed by atoms with Crippen LogP contribution < -0.4 is 5.32 Å². The van der Waals surface area contributed by atoms with Crippen LogP contribution in [0.1, 0.15) is 60.7 Å². The number of fused-ring (bicyclic) bond motifs is 1. The highest BCUT2D eigenvalue weighted by molar-refractivity contribution is 5.76. The topological polar surface area (TPSA) is 95.8 Å². The fourth-order valence-electron chi connectivity index (χ4n) is 4.21. The smallest absolute Gasteiger partial charge is 0.220 e. The summed E-state index contributed by atoms with van der Waals surface area (Å²) < 4.78 is 1.75. The van der Waals surface area contributed by atoms with Gasteiger partial charge in [-0.15, -0.1) is 0 Å². The largest absolute Gasteiger partial charge is 0.393 e. The monoisotopic (exact) mass is 357 g/mol. The summed E-state index contributed by atoms with van der Waals surface area (Å²) in [6.45, 7) is 0. The van der Waals surface area contributed by atoms with Crippen LogP contribution in [0.5, 0.6) is 0 Å². The van der Waals surface area contributed by atoms with Gasteiger partial charge in [-0.2, -0.15) is 10.2 Å². The summed E-state index contributed by atoms with van der Waals surface area (Å²) in [5.41, 5.74) is 4.64. The van der Waals surface area contributed by atoms with Crippen LogP contribution in [0.25, 0.3) is 0 Å². The maximum atomic E-state index is 12.6. The second kappa shape index (κ2) is 7.23. The minimum atomic E-state index is -0.244. The van der Waals surface area contributed by atoms with Gasteiger partial charge in [0.25, 0.3) is 0 Å². The predicted octanol–water partition coefficient (Wildman–Crippen LogP) is 1.58. The molecule has 7 heteroatoms. The SMILES string of the molecule is Cn1cc([C@@H](NC(=O)CCc2n[nH]c3c2CCCC3)C2CC(O)C2)cn1. The number of aromatic nitrogens is 4. The Kier molecular flexibility index (Phi) is 4.80. The second-order valence-corrected chi connectivity index (χ2v) is 7.71. The van der Waals surface area contributed by atoms with Crippen molar-refractivity contribution in [3.8, 4) is 0 Å². The van der Waals surface area contributed by atoms with Gasteiger partial charge in [-0.25, -0.2) is 0 Å². The van der Waals surface area contributed by atoms with Gasteiger partial charge in [0, 0.05) is 37.3 Å². The number of nitrogens with zero attached hydrogens (tertiary/aromatic N) is 3. The molecule has 2 heterocycles. The summed E-state index contributed by atoms with van der Waals surface area (Å²) in [7, 11) is 1.87. The van der Waals surface area contributed by atoms with Gasteiger partial charge in [-0.05, 0) is 50.0 Å². The molecule has 1 atom stereocenters. The molecule has 4 rings (SSSR count). The van der Waals surface area contributed by atoms with Crippen molar-refractivity contribution in [2.45, 2.75) is 63.5 Å². The summed E-state index contributed by atoms with van der Waals surface area (Å²) in [4.78, 5) is 12.6. The number of amides is 1. The summed E-state index contributed by atoms with van der Waals surface area (Å²) in [5.74, 6) is 0.309. The van der Waals surface area contributed by atoms with Crippen LogP contribution >= 0.6 is 0 Å². The van der Waals surface area contributed by atoms with Gasteiger partial charge >= 0.3 is 0 Å². The van der Waals surface area contributed by atoms with Crippen LogP contribution in [-0.4, -0.2) is 37.1 Å². The van der Waals surface area contributed by atoms with E-state index in [0.29, 0.717) is 12.8 Å². The molecule has 0 aromatic carbocycles. The number of rotatable bonds is 6. The minimum Gasteiger partial charge on any atom is -0.393 e. The minimum absolute atomic E-state index is 0.0350. The van der Waals surface area contributed by atoms with Crippen LogP contribution in [0.15, 0.2) is 12.4 Å². The Hall–Kier alpha value is -2.15. The molecule has 2 aromatic heterocycles. The zero-order valence-electron chi connectivity index (χ0n) is 15.2. The molecule has 26 heavy (non-hydrogen) atoms. The number of H-pyrrole nitrogens is 1. The molecule has 1 amide bonds. The molecule has 0 spiro atoms. The lowest BCUT2D eigenvalue weighted by molar-refractivity contribution is -0.123. The Bertz CT molecular complexity index is 775. The van der Waals surface area contributed by atoms with E-state index in [0.717, 1.165) is 36.9 Å². The predicted molar refractivity (Wildman–Crippen MR) is 96.4 cm³/mol. The molecule has 2 aromatic rings. The summed E-state index contributed by atoms with van der Waals surface area (Å²) in [5, 5.41) is 24.6. The van der Waals surface area contributed by atoms with Crippen molar-refractivity contribution in [1.29, 1.82) is 0 Å². The number of aromatic amines is 1. The standard InChI is InChI=1S/C19H27N5O2/c1-24-11-13(10-20-24)19(12-8-14(25)9-12)21-18(26)7-6-17-15-4-2-3-5-16(15)22-23-17/h10-12,14,19,25H,2-9H2,1H3,(H,21,26)(H,22,23)/t12?,14?,19-/m0/s1. The van der Waals surface area contributed by atoms with Gasteiger partial charge < -0.3 is 10.4 Å². The van der Waals surface area contributed by atoms with Gasteiger partial charge in [0.15, 0.2) is 0 Å². The van der Waals surface area contributed by atoms with Crippen molar-refractivity contribution < 1.29 is 9.90 Å². The maximum absolute atomic E-state index is 12.6. The lowest BCUT2D eigenvalue weighted by atomic mass is 9.75. The number of carbonyl (C=O) groups is 1. The normalized spacial score (nSPS) is 23.2. The molecule has 0 saturated heterocycles. The second-order valence-electron chi connectivity index (χ2n) is 7.71. The number of hydrogen-bond donors (Lipinski definition) is 3. The van der Waals surface area contributed by atoms with E-state index >= 15 is 0 Å². The third-order valence-corrected chi connectivity index (χ3v) is 5.75. The van der Waals surface area contributed by atoms with E-state index < -0.39 is 0 Å². The van der Waals surface area contributed by atoms with E-state index in [1.54, 1.807) is 10.9 Å². The van der Waals surface area contributed by atoms with Crippen LogP contribution in [0.4, 0.5) is 0 Å². The zero-order chi connectivity index (χ0) is 18.1. The third kappa shape index (κ3) is 3.53. The number of hydrogen-bond acceptors (Lipinski definition) is 4. The van der Waals surface area contributed by atoms with E-state index in [-0.39, 0.29) is 24.0 Å². The van der Waals surface area contributed by atoms with Crippen molar-refractivity contribution in [3.63, 3.8) is 0 Å². The molecular weight excluding hydrogens is 330 g/mol. The van der Waals surface area contributed by atoms with Crippen molar-refractivity contribution in [2.75, 3.05) is 0 Å². The maximum Gasteiger partial charge on any atom is 0.220 e. The molecule has 0 aliphatic heterocycles. The van der Waals surface area contributed by atoms with Gasteiger partial charge in [0.2, 0.25) is 5.91 Å². The fourth-order valence-corrected chi connectivity index (χ4v) is 4.21. The fraction of sp³-hybridized carbons (Fsp3) is 0.632. The first kappa shape index (κ1) is 17.3. The number of aliphatic hydroxyl groups is 1. The van der Waals surface area contributed by atoms with Crippen molar-refractivity contribution >= 4 is 5.91 Å². The van der Waals surface area contributed by atoms with Crippen molar-refractivity contribution in [1.82, 2.24) is 25.3 Å². The highest BCUT2D eigenvalue weighted by Gasteiger charge is 2.36. The van der Waals surface area contributed by atoms with E-state index in [4.69, 9.17) is 0 Å². The molecule has 0 radical (unpaired) electrons. The first-order valence-electron chi connectivity index (χ1n) is 9.61. The van der Waals surface area contributed by atoms with E-state index in [1.165, 1.54) is 24.1 Å². The zero-order valence-corrected chi connectivity index (χ0v) is 15.2. The van der Waals surface area contributed by atoms with E-state index in [2.05, 4.69) is 20.6 Å². The van der Waals surface area contributed by atoms with Crippen molar-refractivity contribution in [2.24, 2.45) is 13.0 Å². The average molecular weight is 357 g/mol. The van der Waals surface area contributed by atoms with Crippen LogP contribution in [-0.2, 0) is 31.1 Å². The van der Waals surface area contributed by atoms with Crippen LogP contribution in [0.3, 0.4) is 0 Å². The molecule has 3 N–H and O–H groups in total. The van der Waals surface area contributed by atoms with Crippen molar-refractivity contribution in [3.05, 3.63) is 34.9 Å². The van der Waals surface area contributed by atoms with E-state index in [1.807, 2.05) is 13.2 Å².